The summed E-state index contributed by atoms with van der Waals surface area (Å²) in [5.74, 6) is 1.32. The number of hydrogen-bond acceptors (Lipinski definition) is 9. The maximum Gasteiger partial charge on any atom is 0.247 e. The first-order valence-corrected chi connectivity index (χ1v) is 12.3. The quantitative estimate of drug-likeness (QED) is 0.328. The molecule has 1 saturated carbocycles. The molecular formula is C23H27N9O2S. The van der Waals surface area contributed by atoms with E-state index in [1.165, 1.54) is 30.5 Å². The second-order valence-electron chi connectivity index (χ2n) is 8.44. The highest BCUT2D eigenvalue weighted by Crippen LogP contribution is 2.39. The number of hydrogen-bond donors (Lipinski definition) is 2. The van der Waals surface area contributed by atoms with E-state index in [-0.39, 0.29) is 18.6 Å². The fraction of sp³-hybridized carbons (Fsp3) is 0.391. The summed E-state index contributed by atoms with van der Waals surface area (Å²) in [4.78, 5) is 31.0. The zero-order valence-corrected chi connectivity index (χ0v) is 20.2. The van der Waals surface area contributed by atoms with Gasteiger partial charge in [0.05, 0.1) is 29.5 Å². The molecule has 12 heteroatoms. The van der Waals surface area contributed by atoms with Crippen LogP contribution in [0.15, 0.2) is 47.6 Å². The molecule has 4 heterocycles. The van der Waals surface area contributed by atoms with E-state index in [0.29, 0.717) is 22.6 Å². The number of imidazole rings is 1. The van der Waals surface area contributed by atoms with Crippen LogP contribution < -0.4 is 5.32 Å². The van der Waals surface area contributed by atoms with E-state index in [4.69, 9.17) is 4.74 Å². The highest BCUT2D eigenvalue weighted by molar-refractivity contribution is 7.13. The van der Waals surface area contributed by atoms with Gasteiger partial charge in [0.1, 0.15) is 18.7 Å². The van der Waals surface area contributed by atoms with Crippen molar-refractivity contribution >= 4 is 35.0 Å². The van der Waals surface area contributed by atoms with Crippen LogP contribution in [0.1, 0.15) is 30.9 Å². The van der Waals surface area contributed by atoms with E-state index in [1.54, 1.807) is 24.8 Å². The number of H-pyrrole nitrogens is 1. The number of carbonyl (C=O) groups excluding carboxylic acids is 1. The van der Waals surface area contributed by atoms with Crippen molar-refractivity contribution in [2.75, 3.05) is 32.1 Å². The van der Waals surface area contributed by atoms with E-state index in [2.05, 4.69) is 53.1 Å². The lowest BCUT2D eigenvalue weighted by atomic mass is 10.2. The predicted octanol–water partition coefficient (Wildman–Crippen LogP) is 2.79. The van der Waals surface area contributed by atoms with Crippen LogP contribution in [-0.4, -0.2) is 79.6 Å². The number of carbonyl (C=O) groups is 1. The molecule has 3 aromatic rings. The van der Waals surface area contributed by atoms with E-state index < -0.39 is 0 Å². The van der Waals surface area contributed by atoms with Gasteiger partial charge in [-0.1, -0.05) is 6.58 Å². The van der Waals surface area contributed by atoms with Gasteiger partial charge in [-0.2, -0.15) is 0 Å². The molecule has 5 rings (SSSR count). The Bertz CT molecular complexity index is 1240. The van der Waals surface area contributed by atoms with Gasteiger partial charge in [0.25, 0.3) is 0 Å². The van der Waals surface area contributed by atoms with Crippen molar-refractivity contribution in [3.63, 3.8) is 0 Å². The van der Waals surface area contributed by atoms with Crippen LogP contribution in [0.5, 0.6) is 0 Å². The first-order chi connectivity index (χ1) is 17.1. The van der Waals surface area contributed by atoms with Gasteiger partial charge >= 0.3 is 0 Å². The minimum absolute atomic E-state index is 0.0398. The number of ether oxygens (including phenoxy) is 1. The number of nitrogens with one attached hydrogen (secondary N) is 2. The van der Waals surface area contributed by atoms with Crippen molar-refractivity contribution in [2.24, 2.45) is 4.99 Å². The molecule has 182 valence electrons. The first-order valence-electron chi connectivity index (χ1n) is 11.4. The minimum atomic E-state index is -0.259. The molecule has 3 aromatic heterocycles. The summed E-state index contributed by atoms with van der Waals surface area (Å²) in [7, 11) is 1.73. The molecule has 1 saturated heterocycles. The number of aliphatic imine (C=N–C) groups is 1. The van der Waals surface area contributed by atoms with E-state index >= 15 is 0 Å². The fourth-order valence-electron chi connectivity index (χ4n) is 4.00. The molecule has 2 fully saturated rings. The number of allylic oxidation sites excluding steroid dienone is 3. The van der Waals surface area contributed by atoms with Gasteiger partial charge in [-0.15, -0.1) is 21.5 Å². The molecule has 1 amide bonds. The van der Waals surface area contributed by atoms with Gasteiger partial charge in [0, 0.05) is 43.9 Å². The number of rotatable bonds is 10. The molecule has 1 unspecified atom stereocenters. The summed E-state index contributed by atoms with van der Waals surface area (Å²) in [6.45, 7) is 5.57. The number of anilines is 1. The molecule has 0 bridgehead atoms. The Morgan fingerprint density at radius 2 is 2.29 bits per heavy atom. The molecule has 0 radical (unpaired) electrons. The van der Waals surface area contributed by atoms with Crippen LogP contribution >= 0.6 is 11.3 Å². The second kappa shape index (κ2) is 10.3. The standard InChI is InChI=1S/C23H27N9O2S/c1-3-18(32-11-17(26-14-32)15-4-5-15)19(31-7-6-16(10-31)34-2)8-24-9-21(33)28-20-12-35-23(29-20)22-25-13-27-30-22/h3,8,11-16H,1,4-7,9-10H2,2H3,(H,28,33)(H,25,27,30)/b19-18-,24-8-. The van der Waals surface area contributed by atoms with Gasteiger partial charge in [0.2, 0.25) is 5.91 Å². The second-order valence-corrected chi connectivity index (χ2v) is 9.30. The summed E-state index contributed by atoms with van der Waals surface area (Å²) in [6.07, 6.45) is 12.4. The number of methoxy groups -OCH3 is 1. The summed E-state index contributed by atoms with van der Waals surface area (Å²) >= 11 is 1.37. The fourth-order valence-corrected chi connectivity index (χ4v) is 4.70. The SMILES string of the molecule is C=C/C(=C(\C=N/CC(=O)Nc1csc(-c2nnc[nH]2)n1)N1CCC(OC)C1)n1cnc(C2CC2)c1. The topological polar surface area (TPSA) is 126 Å². The summed E-state index contributed by atoms with van der Waals surface area (Å²) < 4.78 is 7.55. The average Bonchev–Trinajstić information content (AvgIpc) is 3.36. The Balaban J connectivity index is 1.31. The Morgan fingerprint density at radius 1 is 1.40 bits per heavy atom. The van der Waals surface area contributed by atoms with Crippen LogP contribution in [0.4, 0.5) is 5.82 Å². The van der Waals surface area contributed by atoms with Crippen LogP contribution in [0.25, 0.3) is 16.5 Å². The van der Waals surface area contributed by atoms with Crippen LogP contribution in [0.3, 0.4) is 0 Å². The third kappa shape index (κ3) is 5.38. The van der Waals surface area contributed by atoms with Crippen molar-refractivity contribution in [1.29, 1.82) is 0 Å². The van der Waals surface area contributed by atoms with E-state index in [9.17, 15) is 4.79 Å². The van der Waals surface area contributed by atoms with Crippen molar-refractivity contribution in [2.45, 2.75) is 31.3 Å². The maximum atomic E-state index is 12.5. The maximum absolute atomic E-state index is 12.5. The molecule has 2 N–H and O–H groups in total. The zero-order chi connectivity index (χ0) is 24.2. The molecule has 1 aliphatic carbocycles. The van der Waals surface area contributed by atoms with Crippen LogP contribution in [-0.2, 0) is 9.53 Å². The lowest BCUT2D eigenvalue weighted by Gasteiger charge is -2.22. The van der Waals surface area contributed by atoms with Crippen LogP contribution in [0.2, 0.25) is 0 Å². The third-order valence-electron chi connectivity index (χ3n) is 5.99. The van der Waals surface area contributed by atoms with Gasteiger partial charge < -0.3 is 24.5 Å². The van der Waals surface area contributed by atoms with Crippen molar-refractivity contribution in [1.82, 2.24) is 34.6 Å². The molecule has 1 atom stereocenters. The van der Waals surface area contributed by atoms with Gasteiger partial charge in [0.15, 0.2) is 10.8 Å². The number of likely N-dealkylation sites (tertiary alicyclic amines) is 1. The zero-order valence-electron chi connectivity index (χ0n) is 19.4. The molecule has 1 aliphatic heterocycles. The molecule has 35 heavy (non-hydrogen) atoms. The minimum Gasteiger partial charge on any atom is -0.380 e. The van der Waals surface area contributed by atoms with E-state index in [0.717, 1.165) is 36.6 Å². The number of nitrogens with zero attached hydrogens (tertiary/aromatic N) is 7. The Morgan fingerprint density at radius 3 is 3.00 bits per heavy atom. The molecule has 0 spiro atoms. The Hall–Kier alpha value is -3.64. The summed E-state index contributed by atoms with van der Waals surface area (Å²) in [5.41, 5.74) is 2.86. The predicted molar refractivity (Wildman–Crippen MR) is 134 cm³/mol. The highest BCUT2D eigenvalue weighted by Gasteiger charge is 2.28. The van der Waals surface area contributed by atoms with Gasteiger partial charge in [-0.3, -0.25) is 9.79 Å². The molecule has 2 aliphatic rings. The molecule has 0 aromatic carbocycles. The summed E-state index contributed by atoms with van der Waals surface area (Å²) in [6, 6.07) is 0. The number of aromatic nitrogens is 6. The Labute approximate surface area is 206 Å². The smallest absolute Gasteiger partial charge is 0.247 e. The monoisotopic (exact) mass is 493 g/mol. The molecular weight excluding hydrogens is 466 g/mol. The Kier molecular flexibility index (Phi) is 6.82. The van der Waals surface area contributed by atoms with Crippen LogP contribution in [0, 0.1) is 0 Å². The highest BCUT2D eigenvalue weighted by atomic mass is 32.1. The largest absolute Gasteiger partial charge is 0.380 e. The van der Waals surface area contributed by atoms with Crippen molar-refractivity contribution < 1.29 is 9.53 Å². The number of amides is 1. The normalized spacial score (nSPS) is 18.8. The third-order valence-corrected chi connectivity index (χ3v) is 6.84. The number of thiazole rings is 1. The summed E-state index contributed by atoms with van der Waals surface area (Å²) in [5, 5.41) is 12.9. The lowest BCUT2D eigenvalue weighted by Crippen LogP contribution is -2.25. The van der Waals surface area contributed by atoms with Gasteiger partial charge in [-0.05, 0) is 25.3 Å². The van der Waals surface area contributed by atoms with Crippen molar-refractivity contribution in [3.05, 3.63) is 48.3 Å². The first kappa shape index (κ1) is 23.1. The lowest BCUT2D eigenvalue weighted by molar-refractivity contribution is -0.114. The van der Waals surface area contributed by atoms with Crippen molar-refractivity contribution in [3.8, 4) is 10.8 Å². The average molecular weight is 494 g/mol. The number of aromatic amines is 1. The van der Waals surface area contributed by atoms with E-state index in [1.807, 2.05) is 10.9 Å². The molecule has 11 nitrogen and oxygen atoms in total. The van der Waals surface area contributed by atoms with Gasteiger partial charge in [-0.25, -0.2) is 9.97 Å².